The summed E-state index contributed by atoms with van der Waals surface area (Å²) < 4.78 is 8.47. The number of carbonyl (C=O) groups is 3. The second-order valence-corrected chi connectivity index (χ2v) is 8.71. The van der Waals surface area contributed by atoms with Crippen LogP contribution in [0, 0.1) is 13.8 Å². The van der Waals surface area contributed by atoms with Crippen molar-refractivity contribution in [1.82, 2.24) is 9.36 Å². The minimum atomic E-state index is -1.22. The number of amides is 1. The number of nitrogens with zero attached hydrogens (tertiary/aromatic N) is 2. The number of carbonyl (C=O) groups excluding carboxylic acids is 3. The van der Waals surface area contributed by atoms with Crippen LogP contribution in [-0.2, 0) is 16.6 Å². The van der Waals surface area contributed by atoms with Crippen LogP contribution in [0.4, 0.5) is 5.69 Å². The van der Waals surface area contributed by atoms with Crippen LogP contribution >= 0.6 is 0 Å². The van der Waals surface area contributed by atoms with E-state index in [4.69, 9.17) is 4.74 Å². The van der Waals surface area contributed by atoms with Crippen molar-refractivity contribution in [2.75, 3.05) is 5.32 Å². The van der Waals surface area contributed by atoms with Gasteiger partial charge >= 0.3 is 5.97 Å². The SMILES string of the molecule is Cc1ccc(C(=O)c2ccccc2C(=O)O[C@@H](C)C(=O)Nc2c(C)n(C)n(-c3ccccc3)c2=O)cc1. The van der Waals surface area contributed by atoms with Crippen molar-refractivity contribution in [3.8, 4) is 5.69 Å². The number of nitrogens with one attached hydrogen (secondary N) is 1. The number of para-hydroxylation sites is 1. The van der Waals surface area contributed by atoms with E-state index in [0.29, 0.717) is 16.9 Å². The van der Waals surface area contributed by atoms with E-state index in [-0.39, 0.29) is 22.6 Å². The smallest absolute Gasteiger partial charge is 0.339 e. The molecule has 3 aromatic carbocycles. The van der Waals surface area contributed by atoms with Gasteiger partial charge in [-0.25, -0.2) is 9.48 Å². The number of ether oxygens (including phenoxy) is 1. The highest BCUT2D eigenvalue weighted by atomic mass is 16.5. The Kier molecular flexibility index (Phi) is 7.20. The fourth-order valence-electron chi connectivity index (χ4n) is 3.93. The van der Waals surface area contributed by atoms with Crippen molar-refractivity contribution in [2.24, 2.45) is 7.05 Å². The molecule has 1 N–H and O–H groups in total. The highest BCUT2D eigenvalue weighted by molar-refractivity contribution is 6.14. The number of anilines is 1. The van der Waals surface area contributed by atoms with Crippen LogP contribution < -0.4 is 10.9 Å². The number of hydrogen-bond acceptors (Lipinski definition) is 5. The molecule has 0 saturated carbocycles. The summed E-state index contributed by atoms with van der Waals surface area (Å²) in [5.74, 6) is -1.81. The molecule has 8 heteroatoms. The zero-order valence-corrected chi connectivity index (χ0v) is 21.0. The summed E-state index contributed by atoms with van der Waals surface area (Å²) in [5.41, 5.74) is 2.53. The maximum Gasteiger partial charge on any atom is 0.339 e. The van der Waals surface area contributed by atoms with Crippen LogP contribution in [0.1, 0.15) is 44.5 Å². The minimum absolute atomic E-state index is 0.0510. The van der Waals surface area contributed by atoms with Gasteiger partial charge in [0.25, 0.3) is 11.5 Å². The number of hydrogen-bond donors (Lipinski definition) is 1. The summed E-state index contributed by atoms with van der Waals surface area (Å²) in [4.78, 5) is 52.0. The third kappa shape index (κ3) is 5.13. The van der Waals surface area contributed by atoms with E-state index < -0.39 is 23.5 Å². The molecule has 1 atom stereocenters. The lowest BCUT2D eigenvalue weighted by Gasteiger charge is -2.14. The van der Waals surface area contributed by atoms with Crippen LogP contribution in [0.3, 0.4) is 0 Å². The monoisotopic (exact) mass is 497 g/mol. The van der Waals surface area contributed by atoms with E-state index in [1.165, 1.54) is 17.7 Å². The molecule has 0 aliphatic heterocycles. The second kappa shape index (κ2) is 10.5. The lowest BCUT2D eigenvalue weighted by molar-refractivity contribution is -0.123. The van der Waals surface area contributed by atoms with E-state index in [2.05, 4.69) is 5.32 Å². The van der Waals surface area contributed by atoms with Crippen LogP contribution in [0.2, 0.25) is 0 Å². The first-order valence-corrected chi connectivity index (χ1v) is 11.7. The topological polar surface area (TPSA) is 99.4 Å². The molecule has 4 rings (SSSR count). The molecule has 1 aromatic heterocycles. The van der Waals surface area contributed by atoms with Gasteiger partial charge in [0, 0.05) is 18.2 Å². The molecule has 0 unspecified atom stereocenters. The molecular formula is C29H27N3O5. The molecule has 0 saturated heterocycles. The second-order valence-electron chi connectivity index (χ2n) is 8.71. The quantitative estimate of drug-likeness (QED) is 0.305. The number of aryl methyl sites for hydroxylation is 1. The van der Waals surface area contributed by atoms with Gasteiger partial charge in [-0.2, -0.15) is 0 Å². The first-order valence-electron chi connectivity index (χ1n) is 11.7. The lowest BCUT2D eigenvalue weighted by atomic mass is 9.98. The zero-order chi connectivity index (χ0) is 26.7. The summed E-state index contributed by atoms with van der Waals surface area (Å²) in [7, 11) is 1.71. The van der Waals surface area contributed by atoms with Crippen molar-refractivity contribution < 1.29 is 19.1 Å². The van der Waals surface area contributed by atoms with E-state index in [1.807, 2.05) is 37.3 Å². The van der Waals surface area contributed by atoms with E-state index in [0.717, 1.165) is 5.56 Å². The molecule has 1 amide bonds. The van der Waals surface area contributed by atoms with Gasteiger partial charge < -0.3 is 10.1 Å². The van der Waals surface area contributed by atoms with Crippen molar-refractivity contribution >= 4 is 23.3 Å². The predicted molar refractivity (Wildman–Crippen MR) is 140 cm³/mol. The van der Waals surface area contributed by atoms with Crippen LogP contribution in [0.5, 0.6) is 0 Å². The van der Waals surface area contributed by atoms with E-state index in [1.54, 1.807) is 61.1 Å². The first kappa shape index (κ1) is 25.4. The molecule has 0 aliphatic carbocycles. The van der Waals surface area contributed by atoms with E-state index in [9.17, 15) is 19.2 Å². The maximum absolute atomic E-state index is 13.1. The average Bonchev–Trinajstić information content (AvgIpc) is 3.11. The van der Waals surface area contributed by atoms with Gasteiger partial charge in [0.1, 0.15) is 5.69 Å². The Balaban J connectivity index is 1.52. The molecule has 8 nitrogen and oxygen atoms in total. The molecule has 0 aliphatic rings. The third-order valence-corrected chi connectivity index (χ3v) is 6.16. The first-order chi connectivity index (χ1) is 17.7. The van der Waals surface area contributed by atoms with Gasteiger partial charge in [0.2, 0.25) is 0 Å². The Morgan fingerprint density at radius 2 is 1.43 bits per heavy atom. The molecule has 0 bridgehead atoms. The fourth-order valence-corrected chi connectivity index (χ4v) is 3.93. The molecule has 0 spiro atoms. The number of esters is 1. The fraction of sp³-hybridized carbons (Fsp3) is 0.172. The number of aromatic nitrogens is 2. The highest BCUT2D eigenvalue weighted by Crippen LogP contribution is 2.18. The molecule has 1 heterocycles. The average molecular weight is 498 g/mol. The summed E-state index contributed by atoms with van der Waals surface area (Å²) in [6.45, 7) is 5.03. The molecule has 0 fully saturated rings. The third-order valence-electron chi connectivity index (χ3n) is 6.16. The summed E-state index contributed by atoms with van der Waals surface area (Å²) in [5, 5.41) is 2.60. The van der Waals surface area contributed by atoms with Crippen molar-refractivity contribution in [3.05, 3.63) is 117 Å². The predicted octanol–water partition coefficient (Wildman–Crippen LogP) is 4.21. The highest BCUT2D eigenvalue weighted by Gasteiger charge is 2.26. The van der Waals surface area contributed by atoms with Crippen LogP contribution in [0.15, 0.2) is 83.7 Å². The number of rotatable bonds is 7. The van der Waals surface area contributed by atoms with Gasteiger partial charge in [-0.05, 0) is 39.0 Å². The minimum Gasteiger partial charge on any atom is -0.449 e. The van der Waals surface area contributed by atoms with Crippen LogP contribution in [0.25, 0.3) is 5.69 Å². The maximum atomic E-state index is 13.1. The van der Waals surface area contributed by atoms with Crippen molar-refractivity contribution in [1.29, 1.82) is 0 Å². The molecule has 0 radical (unpaired) electrons. The number of ketones is 1. The number of benzene rings is 3. The van der Waals surface area contributed by atoms with Crippen molar-refractivity contribution in [3.63, 3.8) is 0 Å². The van der Waals surface area contributed by atoms with Crippen molar-refractivity contribution in [2.45, 2.75) is 26.9 Å². The lowest BCUT2D eigenvalue weighted by Crippen LogP contribution is -2.32. The van der Waals surface area contributed by atoms with Gasteiger partial charge in [0.05, 0.1) is 16.9 Å². The summed E-state index contributed by atoms with van der Waals surface area (Å²) >= 11 is 0. The van der Waals surface area contributed by atoms with Gasteiger partial charge in [-0.1, -0.05) is 66.2 Å². The van der Waals surface area contributed by atoms with E-state index >= 15 is 0 Å². The van der Waals surface area contributed by atoms with Crippen LogP contribution in [-0.4, -0.2) is 33.1 Å². The molecular weight excluding hydrogens is 470 g/mol. The Morgan fingerprint density at radius 3 is 2.08 bits per heavy atom. The molecule has 188 valence electrons. The Labute approximate surface area is 214 Å². The molecule has 4 aromatic rings. The van der Waals surface area contributed by atoms with Gasteiger partial charge in [-0.3, -0.25) is 19.1 Å². The largest absolute Gasteiger partial charge is 0.449 e. The Bertz CT molecular complexity index is 1530. The Morgan fingerprint density at radius 1 is 0.838 bits per heavy atom. The standard InChI is InChI=1S/C29H27N3O5/c1-18-14-16-21(17-15-18)26(33)23-12-8-9-13-24(23)29(36)37-20(3)27(34)30-25-19(2)31(4)32(28(25)35)22-10-6-5-7-11-22/h5-17,20H,1-4H3,(H,30,34)/t20-/m0/s1. The van der Waals surface area contributed by atoms with Gasteiger partial charge in [-0.15, -0.1) is 0 Å². The summed E-state index contributed by atoms with van der Waals surface area (Å²) in [6, 6.07) is 22.4. The zero-order valence-electron chi connectivity index (χ0n) is 21.0. The van der Waals surface area contributed by atoms with Gasteiger partial charge in [0.15, 0.2) is 11.9 Å². The normalized spacial score (nSPS) is 11.6. The Hall–Kier alpha value is -4.72. The molecule has 37 heavy (non-hydrogen) atoms. The summed E-state index contributed by atoms with van der Waals surface area (Å²) in [6.07, 6.45) is -1.22.